The van der Waals surface area contributed by atoms with Crippen LogP contribution in [0.4, 0.5) is 0 Å². The van der Waals surface area contributed by atoms with E-state index < -0.39 is 10.0 Å². The summed E-state index contributed by atoms with van der Waals surface area (Å²) >= 11 is 0. The highest BCUT2D eigenvalue weighted by Gasteiger charge is 2.22. The summed E-state index contributed by atoms with van der Waals surface area (Å²) in [5, 5.41) is 0. The van der Waals surface area contributed by atoms with E-state index in [4.69, 9.17) is 4.74 Å². The van der Waals surface area contributed by atoms with Gasteiger partial charge in [0.25, 0.3) is 5.91 Å². The van der Waals surface area contributed by atoms with E-state index in [2.05, 4.69) is 4.72 Å². The molecule has 1 amide bonds. The van der Waals surface area contributed by atoms with Gasteiger partial charge in [-0.1, -0.05) is 13.8 Å². The van der Waals surface area contributed by atoms with Crippen LogP contribution in [0.25, 0.3) is 0 Å². The second-order valence-corrected chi connectivity index (χ2v) is 6.72. The number of carbonyl (C=O) groups is 1. The molecule has 1 aromatic rings. The Balaban J connectivity index is 3.26. The standard InChI is InChI=1S/C15H24N2O4S/c1-5-9-17(10-6-2)15(18)12-7-8-13(21-4)14(11-12)22(19,20)16-3/h7-8,11,16H,5-6,9-10H2,1-4H3. The molecule has 1 N–H and O–H groups in total. The van der Waals surface area contributed by atoms with Crippen molar-refractivity contribution in [1.82, 2.24) is 9.62 Å². The van der Waals surface area contributed by atoms with Gasteiger partial charge in [0.2, 0.25) is 10.0 Å². The molecule has 0 aliphatic rings. The molecular weight excluding hydrogens is 304 g/mol. The molecule has 0 heterocycles. The Bertz CT molecular complexity index is 608. The van der Waals surface area contributed by atoms with E-state index in [0.717, 1.165) is 12.8 Å². The van der Waals surface area contributed by atoms with Crippen molar-refractivity contribution in [1.29, 1.82) is 0 Å². The molecule has 0 aliphatic carbocycles. The Hall–Kier alpha value is -1.60. The van der Waals surface area contributed by atoms with Crippen molar-refractivity contribution in [2.75, 3.05) is 27.2 Å². The van der Waals surface area contributed by atoms with Crippen LogP contribution in [0.5, 0.6) is 5.75 Å². The second kappa shape index (κ2) is 8.14. The Morgan fingerprint density at radius 2 is 1.82 bits per heavy atom. The monoisotopic (exact) mass is 328 g/mol. The van der Waals surface area contributed by atoms with E-state index in [1.807, 2.05) is 13.8 Å². The number of benzene rings is 1. The van der Waals surface area contributed by atoms with E-state index >= 15 is 0 Å². The lowest BCUT2D eigenvalue weighted by molar-refractivity contribution is 0.0755. The number of carbonyl (C=O) groups excluding carboxylic acids is 1. The summed E-state index contributed by atoms with van der Waals surface area (Å²) in [6.07, 6.45) is 1.70. The number of methoxy groups -OCH3 is 1. The first-order valence-corrected chi connectivity index (χ1v) is 8.80. The van der Waals surface area contributed by atoms with Crippen molar-refractivity contribution < 1.29 is 17.9 Å². The van der Waals surface area contributed by atoms with Crippen LogP contribution in [-0.2, 0) is 10.0 Å². The number of ether oxygens (including phenoxy) is 1. The third kappa shape index (κ3) is 4.20. The lowest BCUT2D eigenvalue weighted by atomic mass is 10.1. The van der Waals surface area contributed by atoms with E-state index in [9.17, 15) is 13.2 Å². The SMILES string of the molecule is CCCN(CCC)C(=O)c1ccc(OC)c(S(=O)(=O)NC)c1. The van der Waals surface area contributed by atoms with Crippen LogP contribution in [-0.4, -0.2) is 46.5 Å². The maximum Gasteiger partial charge on any atom is 0.253 e. The van der Waals surface area contributed by atoms with Crippen molar-refractivity contribution in [2.24, 2.45) is 0 Å². The molecule has 0 bridgehead atoms. The minimum absolute atomic E-state index is 0.0312. The molecule has 22 heavy (non-hydrogen) atoms. The van der Waals surface area contributed by atoms with Gasteiger partial charge in [0.05, 0.1) is 7.11 Å². The van der Waals surface area contributed by atoms with Crippen LogP contribution >= 0.6 is 0 Å². The lowest BCUT2D eigenvalue weighted by Gasteiger charge is -2.22. The first-order valence-electron chi connectivity index (χ1n) is 7.32. The number of hydrogen-bond acceptors (Lipinski definition) is 4. The molecule has 1 rings (SSSR count). The van der Waals surface area contributed by atoms with Crippen LogP contribution in [0.15, 0.2) is 23.1 Å². The molecule has 1 aromatic carbocycles. The van der Waals surface area contributed by atoms with Crippen LogP contribution < -0.4 is 9.46 Å². The van der Waals surface area contributed by atoms with Crippen LogP contribution in [0.2, 0.25) is 0 Å². The van der Waals surface area contributed by atoms with Gasteiger partial charge in [-0.15, -0.1) is 0 Å². The van der Waals surface area contributed by atoms with E-state index in [-0.39, 0.29) is 16.6 Å². The average molecular weight is 328 g/mol. The summed E-state index contributed by atoms with van der Waals surface area (Å²) in [7, 11) is -0.975. The molecule has 0 radical (unpaired) electrons. The van der Waals surface area contributed by atoms with Crippen molar-refractivity contribution in [3.8, 4) is 5.75 Å². The molecular formula is C15H24N2O4S. The average Bonchev–Trinajstić information content (AvgIpc) is 2.53. The Labute approximate surface area is 132 Å². The third-order valence-corrected chi connectivity index (χ3v) is 4.68. The number of hydrogen-bond donors (Lipinski definition) is 1. The maximum atomic E-state index is 12.6. The van der Waals surface area contributed by atoms with E-state index in [1.54, 1.807) is 11.0 Å². The molecule has 0 fully saturated rings. The normalized spacial score (nSPS) is 11.3. The zero-order valence-electron chi connectivity index (χ0n) is 13.5. The second-order valence-electron chi connectivity index (χ2n) is 4.87. The predicted molar refractivity (Wildman–Crippen MR) is 85.7 cm³/mol. The lowest BCUT2D eigenvalue weighted by Crippen LogP contribution is -2.32. The number of nitrogens with one attached hydrogen (secondary N) is 1. The minimum atomic E-state index is -3.69. The topological polar surface area (TPSA) is 75.7 Å². The summed E-state index contributed by atoms with van der Waals surface area (Å²) in [5.41, 5.74) is 0.344. The van der Waals surface area contributed by atoms with Gasteiger partial charge in [0.1, 0.15) is 10.6 Å². The number of sulfonamides is 1. The van der Waals surface area contributed by atoms with E-state index in [0.29, 0.717) is 18.7 Å². The predicted octanol–water partition coefficient (Wildman–Crippen LogP) is 1.87. The summed E-state index contributed by atoms with van der Waals surface area (Å²) in [5.74, 6) is 0.0438. The van der Waals surface area contributed by atoms with Crippen LogP contribution in [0.3, 0.4) is 0 Å². The van der Waals surface area contributed by atoms with Gasteiger partial charge >= 0.3 is 0 Å². The number of amides is 1. The largest absolute Gasteiger partial charge is 0.495 e. The van der Waals surface area contributed by atoms with Crippen LogP contribution in [0.1, 0.15) is 37.0 Å². The first-order chi connectivity index (χ1) is 10.4. The zero-order chi connectivity index (χ0) is 16.8. The highest BCUT2D eigenvalue weighted by molar-refractivity contribution is 7.89. The molecule has 0 aromatic heterocycles. The summed E-state index contributed by atoms with van der Waals surface area (Å²) < 4.78 is 31.4. The van der Waals surface area contributed by atoms with Crippen molar-refractivity contribution >= 4 is 15.9 Å². The smallest absolute Gasteiger partial charge is 0.253 e. The highest BCUT2D eigenvalue weighted by Crippen LogP contribution is 2.25. The fourth-order valence-electron chi connectivity index (χ4n) is 2.17. The molecule has 7 heteroatoms. The molecule has 0 saturated heterocycles. The molecule has 0 saturated carbocycles. The van der Waals surface area contributed by atoms with Gasteiger partial charge < -0.3 is 9.64 Å². The molecule has 0 unspecified atom stereocenters. The summed E-state index contributed by atoms with van der Waals surface area (Å²) in [4.78, 5) is 14.3. The highest BCUT2D eigenvalue weighted by atomic mass is 32.2. The van der Waals surface area contributed by atoms with Crippen molar-refractivity contribution in [2.45, 2.75) is 31.6 Å². The maximum absolute atomic E-state index is 12.6. The van der Waals surface area contributed by atoms with E-state index in [1.165, 1.54) is 26.3 Å². The Morgan fingerprint density at radius 3 is 2.27 bits per heavy atom. The van der Waals surface area contributed by atoms with Crippen molar-refractivity contribution in [3.05, 3.63) is 23.8 Å². The van der Waals surface area contributed by atoms with Gasteiger partial charge in [-0.3, -0.25) is 4.79 Å². The van der Waals surface area contributed by atoms with Crippen LogP contribution in [0, 0.1) is 0 Å². The Morgan fingerprint density at radius 1 is 1.23 bits per heavy atom. The number of nitrogens with zero attached hydrogens (tertiary/aromatic N) is 1. The van der Waals surface area contributed by atoms with Gasteiger partial charge in [-0.2, -0.15) is 0 Å². The van der Waals surface area contributed by atoms with Crippen molar-refractivity contribution in [3.63, 3.8) is 0 Å². The van der Waals surface area contributed by atoms with Gasteiger partial charge in [0, 0.05) is 18.7 Å². The summed E-state index contributed by atoms with van der Waals surface area (Å²) in [6.45, 7) is 5.29. The molecule has 124 valence electrons. The Kier molecular flexibility index (Phi) is 6.83. The minimum Gasteiger partial charge on any atom is -0.495 e. The van der Waals surface area contributed by atoms with Gasteiger partial charge in [-0.05, 0) is 38.1 Å². The summed E-state index contributed by atoms with van der Waals surface area (Å²) in [6, 6.07) is 4.47. The fraction of sp³-hybridized carbons (Fsp3) is 0.533. The first kappa shape index (κ1) is 18.4. The molecule has 0 aliphatic heterocycles. The molecule has 0 spiro atoms. The quantitative estimate of drug-likeness (QED) is 0.790. The van der Waals surface area contributed by atoms with Gasteiger partial charge in [0.15, 0.2) is 0 Å². The molecule has 6 nitrogen and oxygen atoms in total. The van der Waals surface area contributed by atoms with Gasteiger partial charge in [-0.25, -0.2) is 13.1 Å². The fourth-order valence-corrected chi connectivity index (χ4v) is 3.09. The third-order valence-electron chi connectivity index (χ3n) is 3.24. The number of rotatable bonds is 8. The molecule has 0 atom stereocenters. The zero-order valence-corrected chi connectivity index (χ0v) is 14.4.